The summed E-state index contributed by atoms with van der Waals surface area (Å²) < 4.78 is 13.0. The van der Waals surface area contributed by atoms with Crippen LogP contribution in [-0.2, 0) is 23.0 Å². The first-order chi connectivity index (χ1) is 19.2. The zero-order valence-corrected chi connectivity index (χ0v) is 24.0. The van der Waals surface area contributed by atoms with Crippen LogP contribution >= 0.6 is 0 Å². The van der Waals surface area contributed by atoms with Gasteiger partial charge >= 0.3 is 5.97 Å². The molecule has 6 nitrogen and oxygen atoms in total. The Kier molecular flexibility index (Phi) is 7.97. The van der Waals surface area contributed by atoms with Crippen LogP contribution in [0, 0.1) is 6.92 Å². The van der Waals surface area contributed by atoms with Gasteiger partial charge < -0.3 is 19.4 Å². The molecule has 1 amide bonds. The van der Waals surface area contributed by atoms with Gasteiger partial charge in [0.25, 0.3) is 5.91 Å². The number of nitrogens with zero attached hydrogens (tertiary/aromatic N) is 1. The standard InChI is InChI=1S/C34H38N2O4/c1-6-39-34(38)23(4)40-29-12-7-9-24(17-29)18-31-22(3)36(5)32-20-28(15-16-30(31)32)33(37)35-21(2)26-10-8-11-27(19-26)25-13-14-25/h7-12,15-17,19-21,23,25H,6,13-14,18H2,1-5H3,(H,35,37)/t21-,23?/m0/s1. The largest absolute Gasteiger partial charge is 0.479 e. The van der Waals surface area contributed by atoms with Gasteiger partial charge in [-0.1, -0.05) is 42.5 Å². The van der Waals surface area contributed by atoms with E-state index in [1.54, 1.807) is 13.8 Å². The maximum absolute atomic E-state index is 13.2. The lowest BCUT2D eigenvalue weighted by molar-refractivity contribution is -0.150. The minimum atomic E-state index is -0.677. The van der Waals surface area contributed by atoms with E-state index in [2.05, 4.69) is 47.1 Å². The lowest BCUT2D eigenvalue weighted by Crippen LogP contribution is -2.26. The van der Waals surface area contributed by atoms with Crippen LogP contribution in [0.3, 0.4) is 0 Å². The topological polar surface area (TPSA) is 69.6 Å². The Labute approximate surface area is 236 Å². The zero-order chi connectivity index (χ0) is 28.4. The second-order valence-electron chi connectivity index (χ2n) is 10.8. The molecule has 2 atom stereocenters. The monoisotopic (exact) mass is 538 g/mol. The molecule has 0 saturated heterocycles. The number of nitrogens with one attached hydrogen (secondary N) is 1. The van der Waals surface area contributed by atoms with Gasteiger partial charge in [-0.05, 0) is 99.4 Å². The molecule has 1 N–H and O–H groups in total. The summed E-state index contributed by atoms with van der Waals surface area (Å²) in [4.78, 5) is 25.2. The number of carbonyl (C=O) groups excluding carboxylic acids is 2. The van der Waals surface area contributed by atoms with Gasteiger partial charge in [0, 0.05) is 29.2 Å². The molecule has 0 spiro atoms. The molecular weight excluding hydrogens is 500 g/mol. The van der Waals surface area contributed by atoms with Crippen molar-refractivity contribution >= 4 is 22.8 Å². The third kappa shape index (κ3) is 5.91. The predicted octanol–water partition coefficient (Wildman–Crippen LogP) is 6.78. The van der Waals surface area contributed by atoms with Crippen LogP contribution in [0.5, 0.6) is 5.75 Å². The third-order valence-corrected chi connectivity index (χ3v) is 7.90. The summed E-state index contributed by atoms with van der Waals surface area (Å²) in [6.07, 6.45) is 2.55. The second kappa shape index (κ2) is 11.6. The molecule has 5 rings (SSSR count). The molecule has 208 valence electrons. The number of rotatable bonds is 10. The predicted molar refractivity (Wildman–Crippen MR) is 158 cm³/mol. The molecule has 1 heterocycles. The average molecular weight is 539 g/mol. The second-order valence-corrected chi connectivity index (χ2v) is 10.8. The number of hydrogen-bond acceptors (Lipinski definition) is 4. The number of ether oxygens (including phenoxy) is 2. The number of aromatic nitrogens is 1. The first-order valence-corrected chi connectivity index (χ1v) is 14.2. The average Bonchev–Trinajstić information content (AvgIpc) is 3.78. The van der Waals surface area contributed by atoms with E-state index in [1.807, 2.05) is 50.4 Å². The maximum atomic E-state index is 13.2. The number of amides is 1. The summed E-state index contributed by atoms with van der Waals surface area (Å²) in [5.41, 5.74) is 7.60. The Hall–Kier alpha value is -4.06. The van der Waals surface area contributed by atoms with Crippen molar-refractivity contribution in [3.05, 3.63) is 100 Å². The van der Waals surface area contributed by atoms with Gasteiger partial charge in [-0.25, -0.2) is 4.79 Å². The molecule has 0 radical (unpaired) electrons. The Balaban J connectivity index is 1.33. The van der Waals surface area contributed by atoms with E-state index in [0.717, 1.165) is 27.7 Å². The Morgan fingerprint density at radius 1 is 1.02 bits per heavy atom. The van der Waals surface area contributed by atoms with E-state index in [-0.39, 0.29) is 17.9 Å². The minimum absolute atomic E-state index is 0.0753. The van der Waals surface area contributed by atoms with E-state index < -0.39 is 6.10 Å². The number of carbonyl (C=O) groups is 2. The molecule has 1 saturated carbocycles. The van der Waals surface area contributed by atoms with E-state index >= 15 is 0 Å². The number of aryl methyl sites for hydroxylation is 1. The smallest absolute Gasteiger partial charge is 0.347 e. The van der Waals surface area contributed by atoms with Gasteiger partial charge in [-0.3, -0.25) is 4.79 Å². The highest BCUT2D eigenvalue weighted by Gasteiger charge is 2.24. The van der Waals surface area contributed by atoms with E-state index in [1.165, 1.54) is 24.0 Å². The summed E-state index contributed by atoms with van der Waals surface area (Å²) >= 11 is 0. The van der Waals surface area contributed by atoms with Crippen molar-refractivity contribution in [1.82, 2.24) is 9.88 Å². The molecule has 40 heavy (non-hydrogen) atoms. The molecule has 0 aliphatic heterocycles. The van der Waals surface area contributed by atoms with E-state index in [9.17, 15) is 9.59 Å². The van der Waals surface area contributed by atoms with Crippen molar-refractivity contribution < 1.29 is 19.1 Å². The van der Waals surface area contributed by atoms with E-state index in [0.29, 0.717) is 30.3 Å². The number of benzene rings is 3. The molecule has 1 aliphatic rings. The summed E-state index contributed by atoms with van der Waals surface area (Å²) in [5.74, 6) is 0.862. The lowest BCUT2D eigenvalue weighted by atomic mass is 10.0. The van der Waals surface area contributed by atoms with Crippen LogP contribution in [0.4, 0.5) is 0 Å². The fourth-order valence-corrected chi connectivity index (χ4v) is 5.31. The van der Waals surface area contributed by atoms with Crippen LogP contribution in [-0.4, -0.2) is 29.2 Å². The van der Waals surface area contributed by atoms with Crippen LogP contribution in [0.25, 0.3) is 10.9 Å². The molecular formula is C34H38N2O4. The first-order valence-electron chi connectivity index (χ1n) is 14.2. The van der Waals surface area contributed by atoms with Crippen LogP contribution < -0.4 is 10.1 Å². The Morgan fingerprint density at radius 3 is 2.55 bits per heavy atom. The third-order valence-electron chi connectivity index (χ3n) is 7.90. The molecule has 4 aromatic rings. The summed E-state index contributed by atoms with van der Waals surface area (Å²) in [6, 6.07) is 22.3. The normalized spacial score (nSPS) is 14.5. The molecule has 1 aliphatic carbocycles. The summed E-state index contributed by atoms with van der Waals surface area (Å²) in [7, 11) is 2.04. The van der Waals surface area contributed by atoms with Gasteiger partial charge in [0.05, 0.1) is 12.6 Å². The van der Waals surface area contributed by atoms with Gasteiger partial charge in [0.15, 0.2) is 6.10 Å². The molecule has 3 aromatic carbocycles. The van der Waals surface area contributed by atoms with Gasteiger partial charge in [-0.15, -0.1) is 0 Å². The maximum Gasteiger partial charge on any atom is 0.347 e. The van der Waals surface area contributed by atoms with Gasteiger partial charge in [0.1, 0.15) is 5.75 Å². The van der Waals surface area contributed by atoms with Crippen LogP contribution in [0.15, 0.2) is 66.7 Å². The molecule has 1 fully saturated rings. The summed E-state index contributed by atoms with van der Waals surface area (Å²) in [5, 5.41) is 4.31. The fraction of sp³-hybridized carbons (Fsp3) is 0.353. The van der Waals surface area contributed by atoms with Crippen molar-refractivity contribution in [3.8, 4) is 5.75 Å². The molecule has 1 aromatic heterocycles. The lowest BCUT2D eigenvalue weighted by Gasteiger charge is -2.16. The number of esters is 1. The quantitative estimate of drug-likeness (QED) is 0.226. The van der Waals surface area contributed by atoms with Gasteiger partial charge in [0.2, 0.25) is 0 Å². The van der Waals surface area contributed by atoms with Crippen LogP contribution in [0.1, 0.15) is 83.9 Å². The molecule has 1 unspecified atom stereocenters. The van der Waals surface area contributed by atoms with Gasteiger partial charge in [-0.2, -0.15) is 0 Å². The highest BCUT2D eigenvalue weighted by Crippen LogP contribution is 2.40. The first kappa shape index (κ1) is 27.5. The number of fused-ring (bicyclic) bond motifs is 1. The van der Waals surface area contributed by atoms with Crippen molar-refractivity contribution in [1.29, 1.82) is 0 Å². The minimum Gasteiger partial charge on any atom is -0.479 e. The van der Waals surface area contributed by atoms with Crippen molar-refractivity contribution in [2.75, 3.05) is 6.61 Å². The SMILES string of the molecule is CCOC(=O)C(C)Oc1cccc(Cc2c(C)n(C)c3cc(C(=O)N[C@@H](C)c4cccc(C5CC5)c4)ccc23)c1. The highest BCUT2D eigenvalue weighted by atomic mass is 16.6. The molecule has 6 heteroatoms. The van der Waals surface area contributed by atoms with Crippen molar-refractivity contribution in [3.63, 3.8) is 0 Å². The molecule has 0 bridgehead atoms. The fourth-order valence-electron chi connectivity index (χ4n) is 5.31. The Bertz CT molecular complexity index is 1550. The zero-order valence-electron chi connectivity index (χ0n) is 24.0. The van der Waals surface area contributed by atoms with Crippen LogP contribution in [0.2, 0.25) is 0 Å². The number of hydrogen-bond donors (Lipinski definition) is 1. The highest BCUT2D eigenvalue weighted by molar-refractivity contribution is 5.99. The van der Waals surface area contributed by atoms with Crippen molar-refractivity contribution in [2.45, 2.75) is 65.0 Å². The van der Waals surface area contributed by atoms with Crippen molar-refractivity contribution in [2.24, 2.45) is 7.05 Å². The van der Waals surface area contributed by atoms with E-state index in [4.69, 9.17) is 9.47 Å². The summed E-state index contributed by atoms with van der Waals surface area (Å²) in [6.45, 7) is 7.94. The Morgan fingerprint density at radius 2 is 1.80 bits per heavy atom.